The van der Waals surface area contributed by atoms with Gasteiger partial charge in [0, 0.05) is 7.11 Å². The van der Waals surface area contributed by atoms with Gasteiger partial charge in [-0.05, 0) is 79.0 Å². The van der Waals surface area contributed by atoms with E-state index in [0.717, 1.165) is 31.1 Å². The molecule has 2 aromatic carbocycles. The molecule has 1 aliphatic rings. The molecule has 1 nitrogen and oxygen atoms in total. The minimum Gasteiger partial charge on any atom is -0.377 e. The number of aryl methyl sites for hydroxylation is 2. The fourth-order valence-corrected chi connectivity index (χ4v) is 5.61. The molecule has 0 radical (unpaired) electrons. The normalized spacial score (nSPS) is 19.5. The van der Waals surface area contributed by atoms with Crippen molar-refractivity contribution in [3.63, 3.8) is 0 Å². The molecule has 2 aromatic rings. The van der Waals surface area contributed by atoms with Crippen LogP contribution in [0.3, 0.4) is 0 Å². The fraction of sp³-hybridized carbons (Fsp3) is 0.576. The van der Waals surface area contributed by atoms with E-state index in [1.807, 2.05) is 7.11 Å². The summed E-state index contributed by atoms with van der Waals surface area (Å²) in [5.74, 6) is 1.91. The first kappa shape index (κ1) is 26.7. The van der Waals surface area contributed by atoms with Crippen LogP contribution >= 0.6 is 0 Å². The van der Waals surface area contributed by atoms with E-state index in [4.69, 9.17) is 4.74 Å². The molecule has 186 valence electrons. The zero-order valence-electron chi connectivity index (χ0n) is 22.1. The molecule has 1 heteroatoms. The third-order valence-electron chi connectivity index (χ3n) is 7.92. The smallest absolute Gasteiger partial charge is 0.0818 e. The van der Waals surface area contributed by atoms with Gasteiger partial charge in [0.2, 0.25) is 0 Å². The lowest BCUT2D eigenvalue weighted by Crippen LogP contribution is -2.15. The zero-order chi connectivity index (χ0) is 24.0. The summed E-state index contributed by atoms with van der Waals surface area (Å²) in [6, 6.07) is 18.5. The highest BCUT2D eigenvalue weighted by atomic mass is 16.5. The van der Waals surface area contributed by atoms with Gasteiger partial charge in [0.15, 0.2) is 0 Å². The highest BCUT2D eigenvalue weighted by molar-refractivity contribution is 5.25. The van der Waals surface area contributed by atoms with Crippen molar-refractivity contribution < 1.29 is 4.74 Å². The largest absolute Gasteiger partial charge is 0.377 e. The Hall–Kier alpha value is -1.86. The van der Waals surface area contributed by atoms with Gasteiger partial charge in [0.05, 0.1) is 6.10 Å². The van der Waals surface area contributed by atoms with E-state index in [1.54, 1.807) is 0 Å². The van der Waals surface area contributed by atoms with Gasteiger partial charge in [-0.3, -0.25) is 0 Å². The van der Waals surface area contributed by atoms with Crippen LogP contribution in [0.15, 0.2) is 60.7 Å². The van der Waals surface area contributed by atoms with Crippen LogP contribution in [0, 0.1) is 11.8 Å². The molecule has 0 spiro atoms. The molecule has 3 rings (SSSR count). The van der Waals surface area contributed by atoms with Crippen molar-refractivity contribution in [2.45, 2.75) is 103 Å². The Labute approximate surface area is 210 Å². The van der Waals surface area contributed by atoms with Crippen LogP contribution in [0.25, 0.3) is 0 Å². The maximum absolute atomic E-state index is 5.57. The third kappa shape index (κ3) is 9.06. The maximum Gasteiger partial charge on any atom is 0.0818 e. The molecular formula is C33H48O. The van der Waals surface area contributed by atoms with E-state index in [0.29, 0.717) is 0 Å². The standard InChI is InChI=1S/C33H48O/c1-4-6-7-10-27-13-15-28(16-14-27)11-8-9-12-29-17-19-30(20-18-29)21-22-31-23-25-32(26-24-31)33(5-2)34-3/h6-7,13-16,23-26,29-30,33H,4-5,8-12,17-22H2,1-3H3/t29-,30-,33?. The SMILES string of the molecule is CCC=CCc1ccc(CCCC[C@H]2CC[C@H](CCc3ccc(C(CC)OC)cc3)CC2)cc1. The second-order valence-electron chi connectivity index (χ2n) is 10.4. The van der Waals surface area contributed by atoms with E-state index in [2.05, 4.69) is 74.5 Å². The van der Waals surface area contributed by atoms with Crippen molar-refractivity contribution in [3.8, 4) is 0 Å². The van der Waals surface area contributed by atoms with Crippen LogP contribution in [0.1, 0.15) is 106 Å². The van der Waals surface area contributed by atoms with E-state index in [-0.39, 0.29) is 6.10 Å². The van der Waals surface area contributed by atoms with Crippen LogP contribution in [0.4, 0.5) is 0 Å². The van der Waals surface area contributed by atoms with Gasteiger partial charge in [-0.25, -0.2) is 0 Å². The van der Waals surface area contributed by atoms with Gasteiger partial charge in [-0.1, -0.05) is 113 Å². The van der Waals surface area contributed by atoms with Gasteiger partial charge >= 0.3 is 0 Å². The average molecular weight is 461 g/mol. The predicted molar refractivity (Wildman–Crippen MR) is 147 cm³/mol. The van der Waals surface area contributed by atoms with Gasteiger partial charge in [-0.15, -0.1) is 0 Å². The van der Waals surface area contributed by atoms with Crippen LogP contribution < -0.4 is 0 Å². The molecule has 0 aliphatic heterocycles. The van der Waals surface area contributed by atoms with Crippen molar-refractivity contribution in [2.24, 2.45) is 11.8 Å². The second kappa shape index (κ2) is 15.2. The Morgan fingerprint density at radius 3 is 1.94 bits per heavy atom. The summed E-state index contributed by atoms with van der Waals surface area (Å²) in [4.78, 5) is 0. The highest BCUT2D eigenvalue weighted by Gasteiger charge is 2.20. The lowest BCUT2D eigenvalue weighted by molar-refractivity contribution is 0.100. The summed E-state index contributed by atoms with van der Waals surface area (Å²) >= 11 is 0. The van der Waals surface area contributed by atoms with Crippen LogP contribution in [-0.4, -0.2) is 7.11 Å². The Morgan fingerprint density at radius 1 is 0.735 bits per heavy atom. The van der Waals surface area contributed by atoms with Gasteiger partial charge < -0.3 is 4.74 Å². The molecule has 1 atom stereocenters. The van der Waals surface area contributed by atoms with E-state index < -0.39 is 0 Å². The first-order chi connectivity index (χ1) is 16.7. The molecule has 34 heavy (non-hydrogen) atoms. The first-order valence-electron chi connectivity index (χ1n) is 14.1. The van der Waals surface area contributed by atoms with Gasteiger partial charge in [0.1, 0.15) is 0 Å². The Morgan fingerprint density at radius 2 is 1.32 bits per heavy atom. The van der Waals surface area contributed by atoms with Crippen molar-refractivity contribution in [3.05, 3.63) is 82.9 Å². The van der Waals surface area contributed by atoms with Crippen LogP contribution in [0.2, 0.25) is 0 Å². The molecule has 0 bridgehead atoms. The summed E-state index contributed by atoms with van der Waals surface area (Å²) in [6.07, 6.45) is 21.8. The molecule has 1 saturated carbocycles. The van der Waals surface area contributed by atoms with Gasteiger partial charge in [0.25, 0.3) is 0 Å². The van der Waals surface area contributed by atoms with Crippen molar-refractivity contribution in [2.75, 3.05) is 7.11 Å². The molecule has 0 heterocycles. The lowest BCUT2D eigenvalue weighted by Gasteiger charge is -2.28. The Bertz CT molecular complexity index is 805. The molecule has 0 amide bonds. The van der Waals surface area contributed by atoms with E-state index in [9.17, 15) is 0 Å². The number of methoxy groups -OCH3 is 1. The predicted octanol–water partition coefficient (Wildman–Crippen LogP) is 9.44. The van der Waals surface area contributed by atoms with Crippen LogP contribution in [0.5, 0.6) is 0 Å². The molecule has 0 aromatic heterocycles. The molecule has 0 saturated heterocycles. The topological polar surface area (TPSA) is 9.23 Å². The summed E-state index contributed by atoms with van der Waals surface area (Å²) in [6.45, 7) is 4.38. The molecular weight excluding hydrogens is 412 g/mol. The highest BCUT2D eigenvalue weighted by Crippen LogP contribution is 2.34. The van der Waals surface area contributed by atoms with Gasteiger partial charge in [-0.2, -0.15) is 0 Å². The number of hydrogen-bond donors (Lipinski definition) is 0. The number of ether oxygens (including phenoxy) is 1. The average Bonchev–Trinajstić information content (AvgIpc) is 2.88. The second-order valence-corrected chi connectivity index (χ2v) is 10.4. The molecule has 0 N–H and O–H groups in total. The monoisotopic (exact) mass is 460 g/mol. The number of unbranched alkanes of at least 4 members (excludes halogenated alkanes) is 1. The summed E-state index contributed by atoms with van der Waals surface area (Å²) in [5, 5.41) is 0. The minimum absolute atomic E-state index is 0.239. The quantitative estimate of drug-likeness (QED) is 0.201. The Kier molecular flexibility index (Phi) is 12.0. The summed E-state index contributed by atoms with van der Waals surface area (Å²) in [5.41, 5.74) is 5.74. The van der Waals surface area contributed by atoms with Crippen LogP contribution in [-0.2, 0) is 24.0 Å². The van der Waals surface area contributed by atoms with Crippen molar-refractivity contribution in [1.82, 2.24) is 0 Å². The minimum atomic E-state index is 0.239. The lowest BCUT2D eigenvalue weighted by atomic mass is 9.77. The zero-order valence-corrected chi connectivity index (χ0v) is 22.1. The van der Waals surface area contributed by atoms with Crippen molar-refractivity contribution in [1.29, 1.82) is 0 Å². The molecule has 1 fully saturated rings. The summed E-state index contributed by atoms with van der Waals surface area (Å²) in [7, 11) is 1.81. The fourth-order valence-electron chi connectivity index (χ4n) is 5.61. The number of allylic oxidation sites excluding steroid dienone is 2. The molecule has 1 unspecified atom stereocenters. The van der Waals surface area contributed by atoms with E-state index in [1.165, 1.54) is 86.5 Å². The number of rotatable bonds is 14. The third-order valence-corrected chi connectivity index (χ3v) is 7.92. The van der Waals surface area contributed by atoms with Crippen molar-refractivity contribution >= 4 is 0 Å². The van der Waals surface area contributed by atoms with E-state index >= 15 is 0 Å². The number of benzene rings is 2. The Balaban J connectivity index is 1.27. The number of hydrogen-bond acceptors (Lipinski definition) is 1. The molecule has 1 aliphatic carbocycles. The maximum atomic E-state index is 5.57. The first-order valence-corrected chi connectivity index (χ1v) is 14.1. The summed E-state index contributed by atoms with van der Waals surface area (Å²) < 4.78 is 5.57.